The third-order valence-corrected chi connectivity index (χ3v) is 3.49. The van der Waals surface area contributed by atoms with E-state index in [1.807, 2.05) is 6.92 Å². The molecule has 0 radical (unpaired) electrons. The third kappa shape index (κ3) is 4.98. The third-order valence-electron chi connectivity index (χ3n) is 3.49. The van der Waals surface area contributed by atoms with Gasteiger partial charge in [0.2, 0.25) is 5.91 Å². The number of carboxylic acids is 1. The minimum atomic E-state index is -0.948. The van der Waals surface area contributed by atoms with Crippen LogP contribution >= 0.6 is 0 Å². The van der Waals surface area contributed by atoms with Gasteiger partial charge >= 0.3 is 5.97 Å². The van der Waals surface area contributed by atoms with Crippen molar-refractivity contribution in [2.45, 2.75) is 40.0 Å². The highest BCUT2D eigenvalue weighted by Gasteiger charge is 2.22. The fourth-order valence-electron chi connectivity index (χ4n) is 2.06. The molecule has 1 aromatic rings. The molecule has 1 amide bonds. The van der Waals surface area contributed by atoms with E-state index in [-0.39, 0.29) is 18.2 Å². The maximum Gasteiger partial charge on any atom is 0.308 e. The smallest absolute Gasteiger partial charge is 0.308 e. The average molecular weight is 305 g/mol. The van der Waals surface area contributed by atoms with Gasteiger partial charge in [-0.2, -0.15) is 0 Å². The fourth-order valence-corrected chi connectivity index (χ4v) is 2.06. The molecule has 0 fully saturated rings. The SMILES string of the molecule is CCCCC(=O)N(CC(C)C(=O)O)c1cccc(C(C)=O)c1. The molecule has 5 nitrogen and oxygen atoms in total. The lowest BCUT2D eigenvalue weighted by molar-refractivity contribution is -0.140. The summed E-state index contributed by atoms with van der Waals surface area (Å²) < 4.78 is 0. The predicted molar refractivity (Wildman–Crippen MR) is 85.1 cm³/mol. The topological polar surface area (TPSA) is 74.7 Å². The molecule has 0 aliphatic carbocycles. The second kappa shape index (κ2) is 8.32. The summed E-state index contributed by atoms with van der Waals surface area (Å²) in [5.74, 6) is -1.83. The summed E-state index contributed by atoms with van der Waals surface area (Å²) in [5, 5.41) is 9.09. The molecule has 0 spiro atoms. The van der Waals surface area contributed by atoms with Crippen LogP contribution in [0.15, 0.2) is 24.3 Å². The molecular formula is C17H23NO4. The van der Waals surface area contributed by atoms with E-state index in [9.17, 15) is 14.4 Å². The van der Waals surface area contributed by atoms with Crippen LogP contribution < -0.4 is 4.90 Å². The molecular weight excluding hydrogens is 282 g/mol. The number of carbonyl (C=O) groups excluding carboxylic acids is 2. The molecule has 5 heteroatoms. The highest BCUT2D eigenvalue weighted by molar-refractivity contribution is 5.98. The summed E-state index contributed by atoms with van der Waals surface area (Å²) in [7, 11) is 0. The first-order chi connectivity index (χ1) is 10.4. The molecule has 120 valence electrons. The molecule has 0 aliphatic rings. The number of carbonyl (C=O) groups is 3. The molecule has 0 heterocycles. The normalized spacial score (nSPS) is 11.8. The van der Waals surface area contributed by atoms with Crippen molar-refractivity contribution >= 4 is 23.3 Å². The lowest BCUT2D eigenvalue weighted by Gasteiger charge is -2.25. The van der Waals surface area contributed by atoms with Gasteiger partial charge in [-0.25, -0.2) is 0 Å². The number of hydrogen-bond acceptors (Lipinski definition) is 3. The first kappa shape index (κ1) is 17.9. The van der Waals surface area contributed by atoms with Crippen molar-refractivity contribution in [2.24, 2.45) is 5.92 Å². The van der Waals surface area contributed by atoms with E-state index in [2.05, 4.69) is 0 Å². The molecule has 0 aliphatic heterocycles. The molecule has 1 atom stereocenters. The summed E-state index contributed by atoms with van der Waals surface area (Å²) in [4.78, 5) is 36.4. The zero-order valence-electron chi connectivity index (χ0n) is 13.3. The van der Waals surface area contributed by atoms with Gasteiger partial charge in [0.1, 0.15) is 0 Å². The Morgan fingerprint density at radius 2 is 1.95 bits per heavy atom. The summed E-state index contributed by atoms with van der Waals surface area (Å²) in [6.45, 7) is 5.12. The Balaban J connectivity index is 3.07. The van der Waals surface area contributed by atoms with Crippen LogP contribution in [-0.2, 0) is 9.59 Å². The van der Waals surface area contributed by atoms with Crippen molar-refractivity contribution < 1.29 is 19.5 Å². The van der Waals surface area contributed by atoms with Crippen LogP contribution in [0.3, 0.4) is 0 Å². The van der Waals surface area contributed by atoms with Crippen molar-refractivity contribution in [3.63, 3.8) is 0 Å². The van der Waals surface area contributed by atoms with E-state index in [0.717, 1.165) is 12.8 Å². The number of aliphatic carboxylic acids is 1. The Kier molecular flexibility index (Phi) is 6.76. The first-order valence-corrected chi connectivity index (χ1v) is 7.51. The number of amides is 1. The number of carboxylic acid groups (broad SMARTS) is 1. The Hall–Kier alpha value is -2.17. The Morgan fingerprint density at radius 3 is 2.50 bits per heavy atom. The second-order valence-electron chi connectivity index (χ2n) is 5.45. The van der Waals surface area contributed by atoms with E-state index >= 15 is 0 Å². The van der Waals surface area contributed by atoms with Crippen LogP contribution in [0.5, 0.6) is 0 Å². The van der Waals surface area contributed by atoms with Gasteiger partial charge in [-0.1, -0.05) is 32.4 Å². The highest BCUT2D eigenvalue weighted by Crippen LogP contribution is 2.20. The van der Waals surface area contributed by atoms with Gasteiger partial charge in [0.15, 0.2) is 5.78 Å². The van der Waals surface area contributed by atoms with Gasteiger partial charge in [-0.05, 0) is 25.5 Å². The minimum Gasteiger partial charge on any atom is -0.481 e. The van der Waals surface area contributed by atoms with E-state index in [4.69, 9.17) is 5.11 Å². The number of Topliss-reactive ketones (excluding diaryl/α,β-unsaturated/α-hetero) is 1. The van der Waals surface area contributed by atoms with Crippen molar-refractivity contribution in [3.05, 3.63) is 29.8 Å². The van der Waals surface area contributed by atoms with Crippen molar-refractivity contribution in [1.29, 1.82) is 0 Å². The number of nitrogens with zero attached hydrogens (tertiary/aromatic N) is 1. The summed E-state index contributed by atoms with van der Waals surface area (Å²) in [6.07, 6.45) is 2.01. The number of rotatable bonds is 8. The number of unbranched alkanes of at least 4 members (excludes halogenated alkanes) is 1. The molecule has 0 saturated carbocycles. The zero-order valence-corrected chi connectivity index (χ0v) is 13.3. The molecule has 1 rings (SSSR count). The molecule has 1 aromatic carbocycles. The van der Waals surface area contributed by atoms with Crippen molar-refractivity contribution in [3.8, 4) is 0 Å². The summed E-state index contributed by atoms with van der Waals surface area (Å²) >= 11 is 0. The summed E-state index contributed by atoms with van der Waals surface area (Å²) in [5.41, 5.74) is 1.08. The molecule has 1 N–H and O–H groups in total. The summed E-state index contributed by atoms with van der Waals surface area (Å²) in [6, 6.07) is 6.75. The number of hydrogen-bond donors (Lipinski definition) is 1. The molecule has 1 unspecified atom stereocenters. The number of benzene rings is 1. The van der Waals surface area contributed by atoms with E-state index in [1.165, 1.54) is 11.8 Å². The lowest BCUT2D eigenvalue weighted by Crippen LogP contribution is -2.37. The van der Waals surface area contributed by atoms with Crippen LogP contribution in [-0.4, -0.2) is 29.3 Å². The number of anilines is 1. The van der Waals surface area contributed by atoms with Gasteiger partial charge in [0, 0.05) is 24.2 Å². The predicted octanol–water partition coefficient (Wildman–Crippen LogP) is 3.13. The van der Waals surface area contributed by atoms with Gasteiger partial charge in [-0.15, -0.1) is 0 Å². The fraction of sp³-hybridized carbons (Fsp3) is 0.471. The van der Waals surface area contributed by atoms with Crippen LogP contribution in [0.4, 0.5) is 5.69 Å². The van der Waals surface area contributed by atoms with Crippen LogP contribution in [0.2, 0.25) is 0 Å². The van der Waals surface area contributed by atoms with Gasteiger partial charge < -0.3 is 10.0 Å². The van der Waals surface area contributed by atoms with E-state index in [1.54, 1.807) is 31.2 Å². The van der Waals surface area contributed by atoms with Gasteiger partial charge in [-0.3, -0.25) is 14.4 Å². The van der Waals surface area contributed by atoms with E-state index < -0.39 is 11.9 Å². The van der Waals surface area contributed by atoms with Crippen LogP contribution in [0.1, 0.15) is 50.4 Å². The Bertz CT molecular complexity index is 553. The zero-order chi connectivity index (χ0) is 16.7. The van der Waals surface area contributed by atoms with Gasteiger partial charge in [0.25, 0.3) is 0 Å². The largest absolute Gasteiger partial charge is 0.481 e. The molecule has 0 aromatic heterocycles. The van der Waals surface area contributed by atoms with Crippen LogP contribution in [0.25, 0.3) is 0 Å². The van der Waals surface area contributed by atoms with Gasteiger partial charge in [0.05, 0.1) is 5.92 Å². The standard InChI is InChI=1S/C17H23NO4/c1-4-5-9-16(20)18(11-12(2)17(21)22)15-8-6-7-14(10-15)13(3)19/h6-8,10,12H,4-5,9,11H2,1-3H3,(H,21,22). The highest BCUT2D eigenvalue weighted by atomic mass is 16.4. The maximum atomic E-state index is 12.4. The molecule has 0 saturated heterocycles. The second-order valence-corrected chi connectivity index (χ2v) is 5.45. The average Bonchev–Trinajstić information content (AvgIpc) is 2.49. The first-order valence-electron chi connectivity index (χ1n) is 7.51. The molecule has 22 heavy (non-hydrogen) atoms. The maximum absolute atomic E-state index is 12.4. The minimum absolute atomic E-state index is 0.0888. The lowest BCUT2D eigenvalue weighted by atomic mass is 10.1. The Morgan fingerprint density at radius 1 is 1.27 bits per heavy atom. The monoisotopic (exact) mass is 305 g/mol. The Labute approximate surface area is 130 Å². The van der Waals surface area contributed by atoms with Crippen molar-refractivity contribution in [2.75, 3.05) is 11.4 Å². The van der Waals surface area contributed by atoms with Crippen LogP contribution in [0, 0.1) is 5.92 Å². The number of ketones is 1. The molecule has 0 bridgehead atoms. The van der Waals surface area contributed by atoms with Crippen molar-refractivity contribution in [1.82, 2.24) is 0 Å². The van der Waals surface area contributed by atoms with E-state index in [0.29, 0.717) is 17.7 Å². The quantitative estimate of drug-likeness (QED) is 0.749.